The minimum Gasteiger partial charge on any atom is -0.489 e. The molecule has 1 aromatic rings. The molecule has 18 heavy (non-hydrogen) atoms. The van der Waals surface area contributed by atoms with Gasteiger partial charge in [0.05, 0.1) is 26.7 Å². The number of H-pyrrole nitrogens is 1. The highest BCUT2D eigenvalue weighted by Gasteiger charge is 2.11. The molecule has 1 aliphatic heterocycles. The van der Waals surface area contributed by atoms with Gasteiger partial charge in [-0.15, -0.1) is 0 Å². The highest BCUT2D eigenvalue weighted by atomic mass is 16.5. The van der Waals surface area contributed by atoms with E-state index in [-0.39, 0.29) is 11.3 Å². The molecule has 100 valence electrons. The lowest BCUT2D eigenvalue weighted by molar-refractivity contribution is 0.0398. The first-order valence-electron chi connectivity index (χ1n) is 5.97. The zero-order chi connectivity index (χ0) is 12.8. The van der Waals surface area contributed by atoms with Crippen molar-refractivity contribution in [1.82, 2.24) is 14.9 Å². The summed E-state index contributed by atoms with van der Waals surface area (Å²) in [6.45, 7) is 5.07. The fourth-order valence-electron chi connectivity index (χ4n) is 1.86. The number of hydrogen-bond acceptors (Lipinski definition) is 6. The number of methoxy groups -OCH3 is 1. The highest BCUT2D eigenvalue weighted by Crippen LogP contribution is 2.13. The molecule has 1 aliphatic rings. The van der Waals surface area contributed by atoms with Gasteiger partial charge in [-0.1, -0.05) is 0 Å². The third kappa shape index (κ3) is 3.21. The molecule has 0 radical (unpaired) electrons. The van der Waals surface area contributed by atoms with E-state index in [1.165, 1.54) is 13.4 Å². The summed E-state index contributed by atoms with van der Waals surface area (Å²) < 4.78 is 10.3. The maximum absolute atomic E-state index is 11.4. The van der Waals surface area contributed by atoms with Crippen molar-refractivity contribution in [2.75, 3.05) is 51.8 Å². The summed E-state index contributed by atoms with van der Waals surface area (Å²) >= 11 is 0. The van der Waals surface area contributed by atoms with E-state index in [1.54, 1.807) is 0 Å². The van der Waals surface area contributed by atoms with Crippen molar-refractivity contribution in [3.8, 4) is 5.75 Å². The van der Waals surface area contributed by atoms with Crippen LogP contribution in [0.3, 0.4) is 0 Å². The molecule has 2 rings (SSSR count). The molecule has 1 fully saturated rings. The number of anilines is 1. The molecule has 0 bridgehead atoms. The first kappa shape index (κ1) is 12.8. The summed E-state index contributed by atoms with van der Waals surface area (Å²) in [4.78, 5) is 20.3. The molecule has 1 aromatic heterocycles. The molecule has 0 amide bonds. The molecule has 0 aromatic carbocycles. The SMILES string of the molecule is COc1c(NCCN2CCOCC2)nc[nH]c1=O. The van der Waals surface area contributed by atoms with E-state index >= 15 is 0 Å². The molecule has 0 atom stereocenters. The normalized spacial score (nSPS) is 16.5. The van der Waals surface area contributed by atoms with Crippen molar-refractivity contribution >= 4 is 5.82 Å². The molecule has 0 aliphatic carbocycles. The summed E-state index contributed by atoms with van der Waals surface area (Å²) in [5.74, 6) is 0.703. The van der Waals surface area contributed by atoms with Crippen molar-refractivity contribution in [3.05, 3.63) is 16.7 Å². The second kappa shape index (κ2) is 6.36. The van der Waals surface area contributed by atoms with Crippen LogP contribution in [0.2, 0.25) is 0 Å². The number of nitrogens with zero attached hydrogens (tertiary/aromatic N) is 2. The van der Waals surface area contributed by atoms with Gasteiger partial charge in [0.2, 0.25) is 5.75 Å². The predicted molar refractivity (Wildman–Crippen MR) is 67.2 cm³/mol. The Morgan fingerprint density at radius 1 is 1.56 bits per heavy atom. The largest absolute Gasteiger partial charge is 0.489 e. The molecular formula is C11H18N4O3. The van der Waals surface area contributed by atoms with Crippen LogP contribution in [0.4, 0.5) is 5.82 Å². The fourth-order valence-corrected chi connectivity index (χ4v) is 1.86. The van der Waals surface area contributed by atoms with Crippen LogP contribution in [0.15, 0.2) is 11.1 Å². The molecule has 7 nitrogen and oxygen atoms in total. The minimum absolute atomic E-state index is 0.222. The van der Waals surface area contributed by atoms with Gasteiger partial charge in [-0.05, 0) is 0 Å². The maximum atomic E-state index is 11.4. The van der Waals surface area contributed by atoms with Crippen molar-refractivity contribution in [1.29, 1.82) is 0 Å². The molecule has 2 N–H and O–H groups in total. The average molecular weight is 254 g/mol. The van der Waals surface area contributed by atoms with Crippen LogP contribution in [-0.2, 0) is 4.74 Å². The van der Waals surface area contributed by atoms with Gasteiger partial charge in [-0.2, -0.15) is 0 Å². The Kier molecular flexibility index (Phi) is 4.54. The van der Waals surface area contributed by atoms with Gasteiger partial charge in [-0.25, -0.2) is 4.98 Å². The molecule has 7 heteroatoms. The van der Waals surface area contributed by atoms with E-state index in [1.807, 2.05) is 0 Å². The van der Waals surface area contributed by atoms with Gasteiger partial charge in [0, 0.05) is 26.2 Å². The lowest BCUT2D eigenvalue weighted by Crippen LogP contribution is -2.39. The Morgan fingerprint density at radius 3 is 3.06 bits per heavy atom. The number of aromatic nitrogens is 2. The van der Waals surface area contributed by atoms with Crippen LogP contribution in [0.5, 0.6) is 5.75 Å². The maximum Gasteiger partial charge on any atom is 0.295 e. The lowest BCUT2D eigenvalue weighted by Gasteiger charge is -2.26. The highest BCUT2D eigenvalue weighted by molar-refractivity contribution is 5.47. The van der Waals surface area contributed by atoms with E-state index in [9.17, 15) is 4.79 Å². The number of ether oxygens (including phenoxy) is 2. The Morgan fingerprint density at radius 2 is 2.33 bits per heavy atom. The number of nitrogens with one attached hydrogen (secondary N) is 2. The standard InChI is InChI=1S/C11H18N4O3/c1-17-9-10(13-8-14-11(9)16)12-2-3-15-4-6-18-7-5-15/h8H,2-7H2,1H3,(H2,12,13,14,16). The Labute approximate surface area is 105 Å². The van der Waals surface area contributed by atoms with Crippen molar-refractivity contribution in [2.24, 2.45) is 0 Å². The Balaban J connectivity index is 1.86. The summed E-state index contributed by atoms with van der Waals surface area (Å²) in [6, 6.07) is 0. The van der Waals surface area contributed by atoms with Gasteiger partial charge in [0.1, 0.15) is 0 Å². The average Bonchev–Trinajstić information content (AvgIpc) is 2.40. The van der Waals surface area contributed by atoms with Gasteiger partial charge < -0.3 is 19.8 Å². The quantitative estimate of drug-likeness (QED) is 0.739. The van der Waals surface area contributed by atoms with Crippen LogP contribution in [-0.4, -0.2) is 61.4 Å². The molecular weight excluding hydrogens is 236 g/mol. The van der Waals surface area contributed by atoms with E-state index in [4.69, 9.17) is 9.47 Å². The number of aromatic amines is 1. The first-order chi connectivity index (χ1) is 8.81. The third-order valence-electron chi connectivity index (χ3n) is 2.84. The van der Waals surface area contributed by atoms with Gasteiger partial charge in [0.15, 0.2) is 5.82 Å². The lowest BCUT2D eigenvalue weighted by atomic mass is 10.4. The van der Waals surface area contributed by atoms with Gasteiger partial charge >= 0.3 is 0 Å². The molecule has 0 spiro atoms. The smallest absolute Gasteiger partial charge is 0.295 e. The summed E-state index contributed by atoms with van der Waals surface area (Å²) in [5, 5.41) is 3.11. The molecule has 1 saturated heterocycles. The number of hydrogen-bond donors (Lipinski definition) is 2. The van der Waals surface area contributed by atoms with Gasteiger partial charge in [-0.3, -0.25) is 9.69 Å². The van der Waals surface area contributed by atoms with Crippen molar-refractivity contribution < 1.29 is 9.47 Å². The minimum atomic E-state index is -0.277. The Bertz CT molecular complexity index is 429. The van der Waals surface area contributed by atoms with Crippen LogP contribution in [0.25, 0.3) is 0 Å². The van der Waals surface area contributed by atoms with Crippen LogP contribution >= 0.6 is 0 Å². The zero-order valence-electron chi connectivity index (χ0n) is 10.4. The van der Waals surface area contributed by atoms with E-state index in [0.717, 1.165) is 32.8 Å². The van der Waals surface area contributed by atoms with Crippen molar-refractivity contribution in [3.63, 3.8) is 0 Å². The van der Waals surface area contributed by atoms with Crippen LogP contribution in [0, 0.1) is 0 Å². The summed E-state index contributed by atoms with van der Waals surface area (Å²) in [5.41, 5.74) is -0.277. The van der Waals surface area contributed by atoms with E-state index in [0.29, 0.717) is 12.4 Å². The summed E-state index contributed by atoms with van der Waals surface area (Å²) in [7, 11) is 1.46. The second-order valence-corrected chi connectivity index (χ2v) is 3.99. The van der Waals surface area contributed by atoms with Crippen LogP contribution < -0.4 is 15.6 Å². The monoisotopic (exact) mass is 254 g/mol. The number of morpholine rings is 1. The molecule has 0 unspecified atom stereocenters. The van der Waals surface area contributed by atoms with Gasteiger partial charge in [0.25, 0.3) is 5.56 Å². The van der Waals surface area contributed by atoms with Crippen LogP contribution in [0.1, 0.15) is 0 Å². The fraction of sp³-hybridized carbons (Fsp3) is 0.636. The topological polar surface area (TPSA) is 79.5 Å². The van der Waals surface area contributed by atoms with E-state index in [2.05, 4.69) is 20.2 Å². The van der Waals surface area contributed by atoms with E-state index < -0.39 is 0 Å². The second-order valence-electron chi connectivity index (χ2n) is 3.99. The molecule has 0 saturated carbocycles. The number of rotatable bonds is 5. The zero-order valence-corrected chi connectivity index (χ0v) is 10.4. The van der Waals surface area contributed by atoms with Crippen molar-refractivity contribution in [2.45, 2.75) is 0 Å². The first-order valence-corrected chi connectivity index (χ1v) is 5.97. The predicted octanol–water partition coefficient (Wildman–Crippen LogP) is -0.477. The third-order valence-corrected chi connectivity index (χ3v) is 2.84. The Hall–Kier alpha value is -1.60. The summed E-state index contributed by atoms with van der Waals surface area (Å²) in [6.07, 6.45) is 1.36. The molecule has 2 heterocycles.